The molecule has 1 aliphatic rings. The molecule has 3 atom stereocenters. The number of ether oxygens (including phenoxy) is 1. The molecule has 6 nitrogen and oxygen atoms in total. The van der Waals surface area contributed by atoms with E-state index in [1.807, 2.05) is 79.7 Å². The van der Waals surface area contributed by atoms with Crippen LogP contribution in [0.25, 0.3) is 22.2 Å². The molecule has 6 heteroatoms. The van der Waals surface area contributed by atoms with Crippen molar-refractivity contribution in [3.05, 3.63) is 96.1 Å². The largest absolute Gasteiger partial charge is 0.494 e. The van der Waals surface area contributed by atoms with Gasteiger partial charge in [0, 0.05) is 29.8 Å². The second-order valence-electron chi connectivity index (χ2n) is 9.38. The van der Waals surface area contributed by atoms with Crippen molar-refractivity contribution in [3.8, 4) is 17.0 Å². The minimum atomic E-state index is -0.469. The van der Waals surface area contributed by atoms with Crippen LogP contribution in [0.1, 0.15) is 35.7 Å². The summed E-state index contributed by atoms with van der Waals surface area (Å²) in [6.45, 7) is 3.25. The van der Waals surface area contributed by atoms with E-state index in [0.717, 1.165) is 28.6 Å². The number of pyridine rings is 1. The van der Waals surface area contributed by atoms with Gasteiger partial charge in [0.1, 0.15) is 5.75 Å². The number of aromatic nitrogens is 1. The number of fused-ring (bicyclic) bond motifs is 1. The first kappa shape index (κ1) is 24.8. The molecule has 3 aromatic carbocycles. The Kier molecular flexibility index (Phi) is 7.68. The summed E-state index contributed by atoms with van der Waals surface area (Å²) >= 11 is 0. The van der Waals surface area contributed by atoms with Crippen LogP contribution in [0.2, 0.25) is 0 Å². The van der Waals surface area contributed by atoms with Gasteiger partial charge in [0.2, 0.25) is 0 Å². The first-order valence-electron chi connectivity index (χ1n) is 12.8. The van der Waals surface area contributed by atoms with Crippen LogP contribution in [0.5, 0.6) is 5.75 Å². The maximum atomic E-state index is 13.3. The normalized spacial score (nSPS) is 19.5. The zero-order valence-electron chi connectivity index (χ0n) is 20.9. The number of aliphatic hydroxyl groups is 1. The molecule has 0 aliphatic heterocycles. The zero-order chi connectivity index (χ0) is 25.6. The van der Waals surface area contributed by atoms with Crippen LogP contribution in [0.4, 0.5) is 0 Å². The fraction of sp³-hybridized carbons (Fsp3) is 0.258. The van der Waals surface area contributed by atoms with Gasteiger partial charge in [-0.25, -0.2) is 9.98 Å². The van der Waals surface area contributed by atoms with Crippen molar-refractivity contribution in [1.82, 2.24) is 10.3 Å². The van der Waals surface area contributed by atoms with Crippen molar-refractivity contribution in [3.63, 3.8) is 0 Å². The fourth-order valence-electron chi connectivity index (χ4n) is 4.87. The van der Waals surface area contributed by atoms with Gasteiger partial charge < -0.3 is 15.2 Å². The molecule has 1 aromatic heterocycles. The van der Waals surface area contributed by atoms with Crippen LogP contribution in [-0.2, 0) is 6.54 Å². The predicted molar refractivity (Wildman–Crippen MR) is 147 cm³/mol. The number of carbonyl (C=O) groups is 1. The topological polar surface area (TPSA) is 83.8 Å². The molecule has 1 unspecified atom stereocenters. The molecule has 5 rings (SSSR count). The fourth-order valence-corrected chi connectivity index (χ4v) is 4.87. The molecular weight excluding hydrogens is 462 g/mol. The highest BCUT2D eigenvalue weighted by Gasteiger charge is 2.31. The Hall–Kier alpha value is -3.87. The van der Waals surface area contributed by atoms with Crippen molar-refractivity contribution < 1.29 is 14.6 Å². The van der Waals surface area contributed by atoms with E-state index in [0.29, 0.717) is 30.8 Å². The second-order valence-corrected chi connectivity index (χ2v) is 9.38. The van der Waals surface area contributed by atoms with Gasteiger partial charge in [0.25, 0.3) is 5.91 Å². The van der Waals surface area contributed by atoms with Gasteiger partial charge in [0.15, 0.2) is 0 Å². The lowest BCUT2D eigenvalue weighted by Crippen LogP contribution is -2.35. The maximum absolute atomic E-state index is 13.3. The summed E-state index contributed by atoms with van der Waals surface area (Å²) in [5.74, 6) is 0.523. The molecule has 0 saturated heterocycles. The lowest BCUT2D eigenvalue weighted by Gasteiger charge is -2.16. The van der Waals surface area contributed by atoms with E-state index in [9.17, 15) is 9.90 Å². The lowest BCUT2D eigenvalue weighted by atomic mass is 10.0. The Balaban J connectivity index is 1.32. The molecule has 2 N–H and O–H groups in total. The Morgan fingerprint density at radius 3 is 2.59 bits per heavy atom. The molecule has 1 fully saturated rings. The number of nitrogens with one attached hydrogen (secondary N) is 1. The minimum absolute atomic E-state index is 0.0280. The van der Waals surface area contributed by atoms with Gasteiger partial charge in [-0.15, -0.1) is 0 Å². The van der Waals surface area contributed by atoms with Crippen LogP contribution in [0.3, 0.4) is 0 Å². The Labute approximate surface area is 217 Å². The first-order valence-corrected chi connectivity index (χ1v) is 12.8. The number of aliphatic hydroxyl groups excluding tert-OH is 1. The summed E-state index contributed by atoms with van der Waals surface area (Å²) in [5, 5.41) is 14.8. The highest BCUT2D eigenvalue weighted by atomic mass is 16.5. The van der Waals surface area contributed by atoms with Crippen molar-refractivity contribution >= 4 is 23.0 Å². The summed E-state index contributed by atoms with van der Waals surface area (Å²) in [4.78, 5) is 22.4. The number of para-hydroxylation sites is 1. The molecule has 1 heterocycles. The average Bonchev–Trinajstić information content (AvgIpc) is 3.30. The molecule has 4 aromatic rings. The van der Waals surface area contributed by atoms with Crippen LogP contribution < -0.4 is 10.1 Å². The number of hydrogen-bond acceptors (Lipinski definition) is 5. The van der Waals surface area contributed by atoms with Crippen LogP contribution in [0, 0.1) is 5.92 Å². The quantitative estimate of drug-likeness (QED) is 0.319. The Morgan fingerprint density at radius 2 is 1.81 bits per heavy atom. The molecule has 1 saturated carbocycles. The van der Waals surface area contributed by atoms with Crippen LogP contribution in [-0.4, -0.2) is 41.0 Å². The number of hydrogen-bond donors (Lipinski definition) is 2. The first-order chi connectivity index (χ1) is 18.1. The van der Waals surface area contributed by atoms with Gasteiger partial charge in [-0.3, -0.25) is 4.79 Å². The zero-order valence-corrected chi connectivity index (χ0v) is 20.9. The molecule has 0 spiro atoms. The van der Waals surface area contributed by atoms with E-state index >= 15 is 0 Å². The lowest BCUT2D eigenvalue weighted by molar-refractivity contribution is 0.100. The van der Waals surface area contributed by atoms with Gasteiger partial charge >= 0.3 is 0 Å². The summed E-state index contributed by atoms with van der Waals surface area (Å²) in [7, 11) is 0. The monoisotopic (exact) mass is 493 g/mol. The number of amides is 1. The summed E-state index contributed by atoms with van der Waals surface area (Å²) < 4.78 is 5.55. The molecule has 188 valence electrons. The van der Waals surface area contributed by atoms with Gasteiger partial charge in [-0.2, -0.15) is 0 Å². The Morgan fingerprint density at radius 1 is 1.05 bits per heavy atom. The van der Waals surface area contributed by atoms with Gasteiger partial charge in [-0.1, -0.05) is 48.5 Å². The number of rotatable bonds is 8. The van der Waals surface area contributed by atoms with Gasteiger partial charge in [-0.05, 0) is 67.6 Å². The van der Waals surface area contributed by atoms with Crippen LogP contribution in [0.15, 0.2) is 89.9 Å². The van der Waals surface area contributed by atoms with E-state index in [-0.39, 0.29) is 17.9 Å². The highest BCUT2D eigenvalue weighted by Crippen LogP contribution is 2.28. The Bertz CT molecular complexity index is 1390. The molecular formula is C31H31N3O3. The molecule has 1 aliphatic carbocycles. The number of aliphatic imine (C=N–C) groups is 1. The van der Waals surface area contributed by atoms with Crippen molar-refractivity contribution in [2.24, 2.45) is 10.9 Å². The predicted octanol–water partition coefficient (Wildman–Crippen LogP) is 5.44. The maximum Gasteiger partial charge on any atom is 0.277 e. The van der Waals surface area contributed by atoms with Crippen molar-refractivity contribution in [2.75, 3.05) is 6.61 Å². The molecule has 0 bridgehead atoms. The van der Waals surface area contributed by atoms with E-state index in [1.54, 1.807) is 6.21 Å². The standard InChI is InChI=1S/C31H31N3O3/c1-2-37-24-14-12-23(13-15-24)28-18-26(25-10-6-7-11-27(25)34-28)31(36)33-20-22-16-29(30(35)17-22)32-19-21-8-4-3-5-9-21/h3-15,18,20,22,29-30,32,35H,2,16-17,19H2,1H3/t22?,29-,30-/m1/s1. The summed E-state index contributed by atoms with van der Waals surface area (Å²) in [6.07, 6.45) is 2.56. The average molecular weight is 494 g/mol. The summed E-state index contributed by atoms with van der Waals surface area (Å²) in [6, 6.07) is 27.2. The second kappa shape index (κ2) is 11.5. The minimum Gasteiger partial charge on any atom is -0.494 e. The van der Waals surface area contributed by atoms with Crippen molar-refractivity contribution in [1.29, 1.82) is 0 Å². The van der Waals surface area contributed by atoms with E-state index in [4.69, 9.17) is 9.72 Å². The molecule has 37 heavy (non-hydrogen) atoms. The molecule has 1 amide bonds. The number of nitrogens with zero attached hydrogens (tertiary/aromatic N) is 2. The number of benzene rings is 3. The highest BCUT2D eigenvalue weighted by molar-refractivity contribution is 6.09. The SMILES string of the molecule is CCOc1ccc(-c2cc(C(=O)N=CC3C[C@@H](O)[C@H](NCc4ccccc4)C3)c3ccccc3n2)cc1. The summed E-state index contributed by atoms with van der Waals surface area (Å²) in [5.41, 5.74) is 4.05. The van der Waals surface area contributed by atoms with Crippen LogP contribution >= 0.6 is 0 Å². The van der Waals surface area contributed by atoms with Crippen molar-refractivity contribution in [2.45, 2.75) is 38.5 Å². The smallest absolute Gasteiger partial charge is 0.277 e. The van der Waals surface area contributed by atoms with E-state index < -0.39 is 6.10 Å². The third kappa shape index (κ3) is 5.93. The number of carbonyl (C=O) groups excluding carboxylic acids is 1. The third-order valence-corrected chi connectivity index (χ3v) is 6.79. The van der Waals surface area contributed by atoms with E-state index in [1.165, 1.54) is 5.56 Å². The van der Waals surface area contributed by atoms with E-state index in [2.05, 4.69) is 22.4 Å². The van der Waals surface area contributed by atoms with Gasteiger partial charge in [0.05, 0.1) is 29.5 Å². The molecule has 0 radical (unpaired) electrons. The third-order valence-electron chi connectivity index (χ3n) is 6.79.